The van der Waals surface area contributed by atoms with Crippen LogP contribution in [0.25, 0.3) is 11.4 Å². The van der Waals surface area contributed by atoms with E-state index in [4.69, 9.17) is 4.74 Å². The average molecular weight is 466 g/mol. The first-order valence-corrected chi connectivity index (χ1v) is 11.0. The number of aromatic amines is 1. The summed E-state index contributed by atoms with van der Waals surface area (Å²) in [6.07, 6.45) is 0. The van der Waals surface area contributed by atoms with Gasteiger partial charge in [-0.3, -0.25) is 19.5 Å². The zero-order valence-electron chi connectivity index (χ0n) is 19.1. The molecule has 0 fully saturated rings. The number of carbonyl (C=O) groups is 2. The molecule has 0 bridgehead atoms. The van der Waals surface area contributed by atoms with Gasteiger partial charge in [0.2, 0.25) is 11.6 Å². The molecule has 1 aromatic heterocycles. The number of carbonyl (C=O) groups excluding carboxylic acids is 2. The Morgan fingerprint density at radius 1 is 0.857 bits per heavy atom. The first-order chi connectivity index (χ1) is 16.9. The lowest BCUT2D eigenvalue weighted by atomic mass is 9.76. The van der Waals surface area contributed by atoms with Crippen LogP contribution in [0.3, 0.4) is 0 Å². The van der Waals surface area contributed by atoms with Crippen molar-refractivity contribution in [3.05, 3.63) is 123 Å². The molecule has 7 nitrogen and oxygen atoms in total. The molecule has 2 N–H and O–H groups in total. The number of hydrogen-bond donors (Lipinski definition) is 2. The lowest BCUT2D eigenvalue weighted by Gasteiger charge is -2.25. The van der Waals surface area contributed by atoms with E-state index < -0.39 is 17.5 Å². The van der Waals surface area contributed by atoms with Crippen molar-refractivity contribution in [2.75, 3.05) is 7.11 Å². The summed E-state index contributed by atoms with van der Waals surface area (Å²) in [4.78, 5) is 40.2. The molecule has 7 heteroatoms. The van der Waals surface area contributed by atoms with Gasteiger partial charge in [0.05, 0.1) is 23.9 Å². The highest BCUT2D eigenvalue weighted by Gasteiger charge is 2.40. The first-order valence-electron chi connectivity index (χ1n) is 11.0. The summed E-state index contributed by atoms with van der Waals surface area (Å²) in [7, 11) is 1.51. The van der Waals surface area contributed by atoms with E-state index in [0.717, 1.165) is 0 Å². The number of nitrogens with one attached hydrogen (secondary N) is 1. The maximum Gasteiger partial charge on any atom is 0.275 e. The molecule has 3 aromatic carbocycles. The lowest BCUT2D eigenvalue weighted by Crippen LogP contribution is -2.30. The maximum atomic E-state index is 13.7. The van der Waals surface area contributed by atoms with Gasteiger partial charge in [-0.05, 0) is 36.8 Å². The standard InChI is InChI=1S/C28H22N2O5/c1-16-22(28(34)30(29-16)18-10-4-3-5-11-18)23(17-9-8-12-19(15-17)35-2)24-25(31)20-13-6-7-14-21(20)26(32)27(24)33/h3-15,23,29,31H,1-2H3. The smallest absolute Gasteiger partial charge is 0.275 e. The van der Waals surface area contributed by atoms with Gasteiger partial charge in [-0.15, -0.1) is 0 Å². The van der Waals surface area contributed by atoms with Crippen LogP contribution in [0.1, 0.15) is 38.7 Å². The van der Waals surface area contributed by atoms with Gasteiger partial charge in [0, 0.05) is 22.7 Å². The number of H-pyrrole nitrogens is 1. The number of ketones is 2. The molecule has 5 rings (SSSR count). The van der Waals surface area contributed by atoms with E-state index in [9.17, 15) is 19.5 Å². The number of aliphatic hydroxyl groups is 1. The fourth-order valence-electron chi connectivity index (χ4n) is 4.61. The molecule has 1 heterocycles. The fourth-order valence-corrected chi connectivity index (χ4v) is 4.61. The third kappa shape index (κ3) is 3.58. The number of benzene rings is 3. The summed E-state index contributed by atoms with van der Waals surface area (Å²) in [5.41, 5.74) is 1.78. The molecule has 1 aliphatic rings. The third-order valence-corrected chi connectivity index (χ3v) is 6.27. The Balaban J connectivity index is 1.82. The summed E-state index contributed by atoms with van der Waals surface area (Å²) in [5, 5.41) is 14.4. The van der Waals surface area contributed by atoms with E-state index >= 15 is 0 Å². The molecule has 35 heavy (non-hydrogen) atoms. The van der Waals surface area contributed by atoms with Gasteiger partial charge in [-0.1, -0.05) is 54.6 Å². The molecule has 0 saturated heterocycles. The second kappa shape index (κ2) is 8.61. The number of para-hydroxylation sites is 1. The Bertz CT molecular complexity index is 1560. The summed E-state index contributed by atoms with van der Waals surface area (Å²) >= 11 is 0. The minimum absolute atomic E-state index is 0.135. The number of hydrogen-bond acceptors (Lipinski definition) is 5. The second-order valence-corrected chi connectivity index (χ2v) is 8.30. The number of rotatable bonds is 5. The number of aromatic nitrogens is 2. The van der Waals surface area contributed by atoms with Crippen LogP contribution in [0.4, 0.5) is 0 Å². The summed E-state index contributed by atoms with van der Waals surface area (Å²) in [6, 6.07) is 22.4. The van der Waals surface area contributed by atoms with Crippen molar-refractivity contribution in [2.24, 2.45) is 0 Å². The second-order valence-electron chi connectivity index (χ2n) is 8.30. The first kappa shape index (κ1) is 22.2. The van der Waals surface area contributed by atoms with Crippen molar-refractivity contribution in [2.45, 2.75) is 12.8 Å². The number of methoxy groups -OCH3 is 1. The molecule has 1 unspecified atom stereocenters. The van der Waals surface area contributed by atoms with Crippen LogP contribution in [0.5, 0.6) is 5.75 Å². The van der Waals surface area contributed by atoms with E-state index in [-0.39, 0.29) is 33.6 Å². The minimum Gasteiger partial charge on any atom is -0.507 e. The monoisotopic (exact) mass is 466 g/mol. The fraction of sp³-hybridized carbons (Fsp3) is 0.107. The van der Waals surface area contributed by atoms with Crippen molar-refractivity contribution in [3.63, 3.8) is 0 Å². The molecule has 0 radical (unpaired) electrons. The molecular weight excluding hydrogens is 444 g/mol. The van der Waals surface area contributed by atoms with Gasteiger partial charge >= 0.3 is 0 Å². The topological polar surface area (TPSA) is 101 Å². The highest BCUT2D eigenvalue weighted by molar-refractivity contribution is 6.52. The molecule has 0 spiro atoms. The largest absolute Gasteiger partial charge is 0.507 e. The number of aliphatic hydroxyl groups excluding tert-OH is 1. The number of fused-ring (bicyclic) bond motifs is 1. The van der Waals surface area contributed by atoms with E-state index in [1.54, 1.807) is 61.5 Å². The molecule has 0 amide bonds. The van der Waals surface area contributed by atoms with E-state index in [2.05, 4.69) is 5.10 Å². The zero-order chi connectivity index (χ0) is 24.7. The summed E-state index contributed by atoms with van der Waals surface area (Å²) in [5.74, 6) is -2.38. The zero-order valence-corrected chi connectivity index (χ0v) is 19.1. The van der Waals surface area contributed by atoms with Crippen molar-refractivity contribution >= 4 is 17.3 Å². The molecule has 1 atom stereocenters. The molecule has 4 aromatic rings. The van der Waals surface area contributed by atoms with Crippen LogP contribution in [0.15, 0.2) is 89.2 Å². The van der Waals surface area contributed by atoms with Gasteiger partial charge in [-0.2, -0.15) is 0 Å². The van der Waals surface area contributed by atoms with Crippen LogP contribution >= 0.6 is 0 Å². The van der Waals surface area contributed by atoms with E-state index in [1.807, 2.05) is 18.2 Å². The van der Waals surface area contributed by atoms with Crippen LogP contribution in [-0.2, 0) is 4.79 Å². The van der Waals surface area contributed by atoms with Gasteiger partial charge < -0.3 is 9.84 Å². The molecule has 0 aliphatic heterocycles. The number of allylic oxidation sites excluding steroid dienone is 1. The Morgan fingerprint density at radius 2 is 1.54 bits per heavy atom. The highest BCUT2D eigenvalue weighted by atomic mass is 16.5. The number of nitrogens with zero attached hydrogens (tertiary/aromatic N) is 1. The maximum absolute atomic E-state index is 13.7. The normalized spacial score (nSPS) is 14.1. The van der Waals surface area contributed by atoms with Crippen LogP contribution < -0.4 is 10.3 Å². The predicted octanol–water partition coefficient (Wildman–Crippen LogP) is 4.35. The van der Waals surface area contributed by atoms with Crippen molar-refractivity contribution in [3.8, 4) is 11.4 Å². The molecule has 1 aliphatic carbocycles. The van der Waals surface area contributed by atoms with Crippen molar-refractivity contribution < 1.29 is 19.4 Å². The van der Waals surface area contributed by atoms with Gasteiger partial charge in [0.25, 0.3) is 5.56 Å². The van der Waals surface area contributed by atoms with E-state index in [1.165, 1.54) is 17.9 Å². The Morgan fingerprint density at radius 3 is 2.26 bits per heavy atom. The molecular formula is C28H22N2O5. The van der Waals surface area contributed by atoms with Crippen LogP contribution in [0, 0.1) is 6.92 Å². The number of aryl methyl sites for hydroxylation is 1. The number of Topliss-reactive ketones (excluding diaryl/α,β-unsaturated/α-hetero) is 2. The predicted molar refractivity (Wildman–Crippen MR) is 131 cm³/mol. The highest BCUT2D eigenvalue weighted by Crippen LogP contribution is 2.40. The third-order valence-electron chi connectivity index (χ3n) is 6.27. The van der Waals surface area contributed by atoms with Gasteiger partial charge in [-0.25, -0.2) is 4.68 Å². The lowest BCUT2D eigenvalue weighted by molar-refractivity contribution is -0.112. The SMILES string of the molecule is COc1cccc(C(C2=C(O)c3ccccc3C(=O)C2=O)c2c(C)[nH]n(-c3ccccc3)c2=O)c1. The summed E-state index contributed by atoms with van der Waals surface area (Å²) < 4.78 is 6.76. The number of ether oxygens (including phenoxy) is 1. The Kier molecular flexibility index (Phi) is 5.45. The molecule has 174 valence electrons. The quantitative estimate of drug-likeness (QED) is 0.426. The van der Waals surface area contributed by atoms with Gasteiger partial charge in [0.15, 0.2) is 0 Å². The average Bonchev–Trinajstić information content (AvgIpc) is 3.19. The van der Waals surface area contributed by atoms with Crippen LogP contribution in [-0.4, -0.2) is 33.6 Å². The van der Waals surface area contributed by atoms with E-state index in [0.29, 0.717) is 22.7 Å². The van der Waals surface area contributed by atoms with Crippen molar-refractivity contribution in [1.29, 1.82) is 0 Å². The minimum atomic E-state index is -1.01. The molecule has 0 saturated carbocycles. The van der Waals surface area contributed by atoms with Crippen LogP contribution in [0.2, 0.25) is 0 Å². The Hall–Kier alpha value is -4.65. The Labute approximate surface area is 200 Å². The van der Waals surface area contributed by atoms with Crippen molar-refractivity contribution in [1.82, 2.24) is 9.78 Å². The van der Waals surface area contributed by atoms with Gasteiger partial charge in [0.1, 0.15) is 11.5 Å². The summed E-state index contributed by atoms with van der Waals surface area (Å²) in [6.45, 7) is 1.73.